The molecule has 0 amide bonds. The second-order valence-corrected chi connectivity index (χ2v) is 20.8. The Kier molecular flexibility index (Phi) is 13.5. The fraction of sp³-hybridized carbons (Fsp3) is 0.450. The number of hydrogen-bond donors (Lipinski definition) is 1. The number of allylic oxidation sites excluding steroid dienone is 2. The maximum absolute atomic E-state index is 11.7. The number of aryl methyl sites for hydroxylation is 1. The number of fused-ring (bicyclic) bond motifs is 4. The largest absolute Gasteiger partial charge is 0.512 e. The number of aliphatic hydroxyl groups excluding tert-OH is 1. The van der Waals surface area contributed by atoms with Crippen molar-refractivity contribution < 1.29 is 30.0 Å². The maximum Gasteiger partial charge on any atom is 0.162 e. The standard InChI is InChI=1S/C27H28N3SSi.C13H24O2.Ir/c1-16-8-9-17-12-18(13-21(23(17)30-16)27(2,3)4)24-26-25(29-15-28-24)20-11-10-19(32(5,6)7)14-22(20)31-26;1-5-10(6-2)12(14)9-13(15)11(7-3)8-4;/h8-11,13-15H,1-7H3;9-11,14H,5-8H2,1-4H3;/q-1;;/b;12-9-;. The molecule has 0 saturated carbocycles. The second-order valence-electron chi connectivity index (χ2n) is 14.7. The molecule has 5 nitrogen and oxygen atoms in total. The fourth-order valence-electron chi connectivity index (χ4n) is 5.97. The van der Waals surface area contributed by atoms with Crippen LogP contribution in [0, 0.1) is 24.8 Å². The monoisotopic (exact) mass is 859 g/mol. The van der Waals surface area contributed by atoms with Crippen LogP contribution in [0.5, 0.6) is 0 Å². The van der Waals surface area contributed by atoms with Gasteiger partial charge in [0.05, 0.1) is 19.3 Å². The Morgan fingerprint density at radius 1 is 0.938 bits per heavy atom. The van der Waals surface area contributed by atoms with E-state index in [0.717, 1.165) is 63.8 Å². The molecule has 0 aliphatic rings. The Balaban J connectivity index is 0.000000334. The number of carbonyl (C=O) groups excluding carboxylic acids is 1. The molecular weight excluding hydrogens is 807 g/mol. The predicted molar refractivity (Wildman–Crippen MR) is 205 cm³/mol. The number of carbonyl (C=O) groups is 1. The van der Waals surface area contributed by atoms with Gasteiger partial charge in [0.1, 0.15) is 6.33 Å². The first kappa shape index (κ1) is 39.7. The van der Waals surface area contributed by atoms with Gasteiger partial charge in [0.2, 0.25) is 0 Å². The van der Waals surface area contributed by atoms with Gasteiger partial charge >= 0.3 is 0 Å². The summed E-state index contributed by atoms with van der Waals surface area (Å²) >= 11 is 1.80. The van der Waals surface area contributed by atoms with Crippen molar-refractivity contribution in [3.8, 4) is 11.3 Å². The van der Waals surface area contributed by atoms with E-state index in [4.69, 9.17) is 9.97 Å². The molecule has 5 rings (SSSR count). The number of rotatable bonds is 9. The van der Waals surface area contributed by atoms with Crippen LogP contribution in [-0.4, -0.2) is 33.9 Å². The topological polar surface area (TPSA) is 76.0 Å². The molecule has 8 heteroatoms. The van der Waals surface area contributed by atoms with E-state index in [2.05, 4.69) is 87.9 Å². The minimum absolute atomic E-state index is 0. The summed E-state index contributed by atoms with van der Waals surface area (Å²) in [5, 5.41) is 13.5. The van der Waals surface area contributed by atoms with Gasteiger partial charge in [-0.15, -0.1) is 29.5 Å². The molecule has 259 valence electrons. The van der Waals surface area contributed by atoms with E-state index in [1.165, 1.54) is 26.9 Å². The third kappa shape index (κ3) is 8.87. The van der Waals surface area contributed by atoms with Crippen molar-refractivity contribution in [2.24, 2.45) is 11.8 Å². The van der Waals surface area contributed by atoms with Gasteiger partial charge in [-0.05, 0) is 44.1 Å². The first-order valence-electron chi connectivity index (χ1n) is 17.1. The van der Waals surface area contributed by atoms with Crippen LogP contribution in [0.2, 0.25) is 19.6 Å². The number of ketones is 1. The first-order chi connectivity index (χ1) is 22.1. The number of aliphatic hydroxyl groups is 1. The number of pyridine rings is 1. The summed E-state index contributed by atoms with van der Waals surface area (Å²) in [5.74, 6) is 0.547. The normalized spacial score (nSPS) is 12.5. The average Bonchev–Trinajstić information content (AvgIpc) is 3.39. The van der Waals surface area contributed by atoms with Crippen LogP contribution < -0.4 is 5.19 Å². The third-order valence-electron chi connectivity index (χ3n) is 9.11. The molecule has 0 fully saturated rings. The molecule has 0 bridgehead atoms. The van der Waals surface area contributed by atoms with Gasteiger partial charge < -0.3 is 5.11 Å². The minimum Gasteiger partial charge on any atom is -0.512 e. The van der Waals surface area contributed by atoms with Crippen molar-refractivity contribution in [1.82, 2.24) is 15.0 Å². The molecule has 0 unspecified atom stereocenters. The number of thiophene rings is 1. The van der Waals surface area contributed by atoms with Crippen LogP contribution in [0.4, 0.5) is 0 Å². The van der Waals surface area contributed by atoms with E-state index in [1.54, 1.807) is 17.7 Å². The van der Waals surface area contributed by atoms with Crippen LogP contribution in [0.15, 0.2) is 54.6 Å². The van der Waals surface area contributed by atoms with Gasteiger partial charge in [-0.25, -0.2) is 4.98 Å². The van der Waals surface area contributed by atoms with Gasteiger partial charge in [0.25, 0.3) is 0 Å². The van der Waals surface area contributed by atoms with Crippen LogP contribution in [0.3, 0.4) is 0 Å². The molecule has 0 aliphatic carbocycles. The molecular formula is C40H52IrN3O2SSi-. The SMILES string of the molecule is CCC(CC)C(=O)/C=C(\O)C(CC)CC.Cc1ccc2[c-]c(-c3ncnc4c3sc3cc([Si](C)(C)C)ccc34)cc(C(C)(C)C)c2n1.[Ir]. The zero-order valence-electron chi connectivity index (χ0n) is 30.5. The Bertz CT molecular complexity index is 1910. The molecule has 5 aromatic rings. The Morgan fingerprint density at radius 2 is 1.58 bits per heavy atom. The molecule has 48 heavy (non-hydrogen) atoms. The fourth-order valence-corrected chi connectivity index (χ4v) is 8.43. The smallest absolute Gasteiger partial charge is 0.162 e. The maximum atomic E-state index is 11.7. The summed E-state index contributed by atoms with van der Waals surface area (Å²) in [5.41, 5.74) is 6.24. The molecule has 1 radical (unpaired) electrons. The van der Waals surface area contributed by atoms with Crippen molar-refractivity contribution >= 4 is 61.6 Å². The molecule has 3 aromatic heterocycles. The zero-order valence-corrected chi connectivity index (χ0v) is 34.8. The third-order valence-corrected chi connectivity index (χ3v) is 12.3. The summed E-state index contributed by atoms with van der Waals surface area (Å²) in [4.78, 5) is 26.0. The summed E-state index contributed by atoms with van der Waals surface area (Å²) in [6.07, 6.45) is 6.60. The van der Waals surface area contributed by atoms with Gasteiger partial charge in [-0.3, -0.25) is 14.8 Å². The molecule has 0 atom stereocenters. The van der Waals surface area contributed by atoms with Gasteiger partial charge in [0, 0.05) is 69.7 Å². The van der Waals surface area contributed by atoms with Crippen molar-refractivity contribution in [2.45, 2.75) is 106 Å². The minimum atomic E-state index is -1.38. The Labute approximate surface area is 306 Å². The molecule has 0 saturated heterocycles. The Hall–Kier alpha value is -2.77. The van der Waals surface area contributed by atoms with Crippen molar-refractivity contribution in [3.05, 3.63) is 71.9 Å². The van der Waals surface area contributed by atoms with E-state index in [9.17, 15) is 9.90 Å². The van der Waals surface area contributed by atoms with Crippen LogP contribution in [-0.2, 0) is 30.3 Å². The number of aromatic nitrogens is 3. The van der Waals surface area contributed by atoms with E-state index < -0.39 is 8.07 Å². The number of benzene rings is 2. The summed E-state index contributed by atoms with van der Waals surface area (Å²) in [6, 6.07) is 16.9. The number of hydrogen-bond acceptors (Lipinski definition) is 6. The summed E-state index contributed by atoms with van der Waals surface area (Å²) in [6.45, 7) is 24.0. The predicted octanol–water partition coefficient (Wildman–Crippen LogP) is 10.9. The van der Waals surface area contributed by atoms with E-state index >= 15 is 0 Å². The Morgan fingerprint density at radius 3 is 2.17 bits per heavy atom. The molecule has 0 spiro atoms. The summed E-state index contributed by atoms with van der Waals surface area (Å²) in [7, 11) is -1.38. The van der Waals surface area contributed by atoms with Crippen molar-refractivity contribution in [2.75, 3.05) is 0 Å². The quantitative estimate of drug-likeness (QED) is 0.0692. The average molecular weight is 859 g/mol. The zero-order chi connectivity index (χ0) is 34.7. The molecule has 3 heterocycles. The first-order valence-corrected chi connectivity index (χ1v) is 21.4. The van der Waals surface area contributed by atoms with Gasteiger partial charge in [0.15, 0.2) is 5.78 Å². The van der Waals surface area contributed by atoms with Crippen LogP contribution >= 0.6 is 11.3 Å². The van der Waals surface area contributed by atoms with Crippen molar-refractivity contribution in [3.63, 3.8) is 0 Å². The second kappa shape index (κ2) is 16.3. The van der Waals surface area contributed by atoms with Crippen LogP contribution in [0.1, 0.15) is 85.4 Å². The molecule has 2 aromatic carbocycles. The summed E-state index contributed by atoms with van der Waals surface area (Å²) < 4.78 is 2.42. The number of nitrogens with zero attached hydrogens (tertiary/aromatic N) is 3. The van der Waals surface area contributed by atoms with Gasteiger partial charge in [-0.1, -0.05) is 108 Å². The van der Waals surface area contributed by atoms with Gasteiger partial charge in [-0.2, -0.15) is 0 Å². The van der Waals surface area contributed by atoms with E-state index in [-0.39, 0.29) is 48.9 Å². The van der Waals surface area contributed by atoms with E-state index in [1.807, 2.05) is 34.6 Å². The van der Waals surface area contributed by atoms with Crippen LogP contribution in [0.25, 0.3) is 42.5 Å². The molecule has 1 N–H and O–H groups in total. The van der Waals surface area contributed by atoms with E-state index in [0.29, 0.717) is 0 Å². The molecule has 0 aliphatic heterocycles. The van der Waals surface area contributed by atoms with Crippen molar-refractivity contribution in [1.29, 1.82) is 0 Å².